The molecule has 21 heavy (non-hydrogen) atoms. The van der Waals surface area contributed by atoms with Gasteiger partial charge in [-0.25, -0.2) is 0 Å². The Bertz CT molecular complexity index is 677. The van der Waals surface area contributed by atoms with Crippen molar-refractivity contribution >= 4 is 23.2 Å². The Morgan fingerprint density at radius 1 is 1.29 bits per heavy atom. The molecule has 1 atom stereocenters. The summed E-state index contributed by atoms with van der Waals surface area (Å²) in [7, 11) is 0. The van der Waals surface area contributed by atoms with Crippen molar-refractivity contribution in [3.8, 4) is 6.07 Å². The van der Waals surface area contributed by atoms with Gasteiger partial charge in [-0.3, -0.25) is 4.79 Å². The molecule has 0 spiro atoms. The van der Waals surface area contributed by atoms with Crippen molar-refractivity contribution in [3.05, 3.63) is 64.7 Å². The van der Waals surface area contributed by atoms with E-state index in [1.54, 1.807) is 18.2 Å². The second kappa shape index (κ2) is 6.92. The number of halogens is 1. The predicted molar refractivity (Wildman–Crippen MR) is 84.3 cm³/mol. The lowest BCUT2D eigenvalue weighted by Crippen LogP contribution is -2.14. The van der Waals surface area contributed by atoms with Gasteiger partial charge in [0.25, 0.3) is 0 Å². The normalized spacial score (nSPS) is 11.5. The van der Waals surface area contributed by atoms with E-state index in [4.69, 9.17) is 16.9 Å². The van der Waals surface area contributed by atoms with Gasteiger partial charge < -0.3 is 5.32 Å². The lowest BCUT2D eigenvalue weighted by atomic mass is 9.97. The largest absolute Gasteiger partial charge is 0.326 e. The fraction of sp³-hybridized carbons (Fsp3) is 0.176. The SMILES string of the molecule is CC(CC(=O)Nc1ccc(C#N)c(Cl)c1)c1ccccc1. The summed E-state index contributed by atoms with van der Waals surface area (Å²) in [6.45, 7) is 2.01. The van der Waals surface area contributed by atoms with E-state index in [-0.39, 0.29) is 11.8 Å². The molecule has 2 aromatic carbocycles. The Morgan fingerprint density at radius 3 is 2.62 bits per heavy atom. The van der Waals surface area contributed by atoms with Crippen molar-refractivity contribution in [2.45, 2.75) is 19.3 Å². The lowest BCUT2D eigenvalue weighted by Gasteiger charge is -2.12. The van der Waals surface area contributed by atoms with Crippen LogP contribution in [0.25, 0.3) is 0 Å². The van der Waals surface area contributed by atoms with Crippen LogP contribution in [-0.2, 0) is 4.79 Å². The van der Waals surface area contributed by atoms with Crippen LogP contribution < -0.4 is 5.32 Å². The first-order chi connectivity index (χ1) is 10.1. The molecule has 0 aliphatic carbocycles. The summed E-state index contributed by atoms with van der Waals surface area (Å²) >= 11 is 5.94. The standard InChI is InChI=1S/C17H15ClN2O/c1-12(13-5-3-2-4-6-13)9-17(21)20-15-8-7-14(11-19)16(18)10-15/h2-8,10,12H,9H2,1H3,(H,20,21). The minimum absolute atomic E-state index is 0.0767. The summed E-state index contributed by atoms with van der Waals surface area (Å²) < 4.78 is 0. The van der Waals surface area contributed by atoms with Gasteiger partial charge in [-0.1, -0.05) is 48.9 Å². The quantitative estimate of drug-likeness (QED) is 0.912. The molecule has 1 N–H and O–H groups in total. The van der Waals surface area contributed by atoms with Gasteiger partial charge in [0.2, 0.25) is 5.91 Å². The first-order valence-electron chi connectivity index (χ1n) is 6.64. The zero-order valence-corrected chi connectivity index (χ0v) is 12.4. The molecule has 0 radical (unpaired) electrons. The molecule has 2 aromatic rings. The fourth-order valence-electron chi connectivity index (χ4n) is 2.07. The van der Waals surface area contributed by atoms with Crippen molar-refractivity contribution in [1.82, 2.24) is 0 Å². The molecule has 0 heterocycles. The molecule has 0 saturated heterocycles. The topological polar surface area (TPSA) is 52.9 Å². The summed E-state index contributed by atoms with van der Waals surface area (Å²) in [4.78, 5) is 12.0. The van der Waals surface area contributed by atoms with E-state index in [9.17, 15) is 4.79 Å². The number of nitriles is 1. The van der Waals surface area contributed by atoms with Gasteiger partial charge in [-0.05, 0) is 29.7 Å². The Morgan fingerprint density at radius 2 is 2.00 bits per heavy atom. The third-order valence-electron chi connectivity index (χ3n) is 3.23. The van der Waals surface area contributed by atoms with Gasteiger partial charge in [0.15, 0.2) is 0 Å². The first-order valence-corrected chi connectivity index (χ1v) is 7.02. The van der Waals surface area contributed by atoms with Crippen molar-refractivity contribution < 1.29 is 4.79 Å². The van der Waals surface area contributed by atoms with Crippen LogP contribution in [0.1, 0.15) is 30.4 Å². The Hall–Kier alpha value is -2.31. The van der Waals surface area contributed by atoms with Gasteiger partial charge in [-0.2, -0.15) is 5.26 Å². The maximum atomic E-state index is 12.0. The molecular weight excluding hydrogens is 284 g/mol. The minimum Gasteiger partial charge on any atom is -0.326 e. The number of carbonyl (C=O) groups excluding carboxylic acids is 1. The van der Waals surface area contributed by atoms with Gasteiger partial charge in [-0.15, -0.1) is 0 Å². The number of benzene rings is 2. The zero-order chi connectivity index (χ0) is 15.2. The molecule has 0 aliphatic heterocycles. The summed E-state index contributed by atoms with van der Waals surface area (Å²) in [5.74, 6) is 0.0622. The molecule has 0 saturated carbocycles. The minimum atomic E-state index is -0.0767. The van der Waals surface area contributed by atoms with E-state index in [1.807, 2.05) is 43.3 Å². The van der Waals surface area contributed by atoms with Crippen molar-refractivity contribution in [2.24, 2.45) is 0 Å². The number of nitrogens with zero attached hydrogens (tertiary/aromatic N) is 1. The summed E-state index contributed by atoms with van der Waals surface area (Å²) in [5.41, 5.74) is 2.13. The van der Waals surface area contributed by atoms with Gasteiger partial charge >= 0.3 is 0 Å². The van der Waals surface area contributed by atoms with E-state index in [0.29, 0.717) is 22.7 Å². The molecule has 1 unspecified atom stereocenters. The molecule has 0 bridgehead atoms. The monoisotopic (exact) mass is 298 g/mol. The van der Waals surface area contributed by atoms with E-state index in [1.165, 1.54) is 0 Å². The molecule has 4 heteroatoms. The van der Waals surface area contributed by atoms with Crippen LogP contribution in [0.3, 0.4) is 0 Å². The number of amides is 1. The molecule has 0 aliphatic rings. The van der Waals surface area contributed by atoms with E-state index in [2.05, 4.69) is 5.32 Å². The summed E-state index contributed by atoms with van der Waals surface area (Å²) in [5, 5.41) is 12.0. The smallest absolute Gasteiger partial charge is 0.224 e. The van der Waals surface area contributed by atoms with Crippen LogP contribution in [0.4, 0.5) is 5.69 Å². The van der Waals surface area contributed by atoms with Gasteiger partial charge in [0, 0.05) is 12.1 Å². The van der Waals surface area contributed by atoms with Crippen molar-refractivity contribution in [2.75, 3.05) is 5.32 Å². The molecule has 2 rings (SSSR count). The second-order valence-electron chi connectivity index (χ2n) is 4.87. The van der Waals surface area contributed by atoms with E-state index >= 15 is 0 Å². The zero-order valence-electron chi connectivity index (χ0n) is 11.6. The number of hydrogen-bond acceptors (Lipinski definition) is 2. The molecule has 1 amide bonds. The highest BCUT2D eigenvalue weighted by Gasteiger charge is 2.11. The molecule has 0 aromatic heterocycles. The lowest BCUT2D eigenvalue weighted by molar-refractivity contribution is -0.116. The van der Waals surface area contributed by atoms with Crippen LogP contribution in [0.15, 0.2) is 48.5 Å². The molecule has 106 valence electrons. The van der Waals surface area contributed by atoms with Crippen molar-refractivity contribution in [3.63, 3.8) is 0 Å². The van der Waals surface area contributed by atoms with Crippen LogP contribution >= 0.6 is 11.6 Å². The Kier molecular flexibility index (Phi) is 4.97. The maximum absolute atomic E-state index is 12.0. The number of rotatable bonds is 4. The molecule has 0 fully saturated rings. The highest BCUT2D eigenvalue weighted by atomic mass is 35.5. The first kappa shape index (κ1) is 15.1. The third kappa shape index (κ3) is 4.08. The molecule has 3 nitrogen and oxygen atoms in total. The highest BCUT2D eigenvalue weighted by Crippen LogP contribution is 2.22. The Balaban J connectivity index is 1.99. The van der Waals surface area contributed by atoms with Crippen LogP contribution in [0, 0.1) is 11.3 Å². The van der Waals surface area contributed by atoms with Crippen LogP contribution in [-0.4, -0.2) is 5.91 Å². The number of nitrogens with one attached hydrogen (secondary N) is 1. The predicted octanol–water partition coefficient (Wildman–Crippen LogP) is 4.34. The van der Waals surface area contributed by atoms with E-state index in [0.717, 1.165) is 5.56 Å². The fourth-order valence-corrected chi connectivity index (χ4v) is 2.30. The second-order valence-corrected chi connectivity index (χ2v) is 5.28. The summed E-state index contributed by atoms with van der Waals surface area (Å²) in [6, 6.07) is 16.7. The molecular formula is C17H15ClN2O. The number of hydrogen-bond donors (Lipinski definition) is 1. The van der Waals surface area contributed by atoms with Crippen LogP contribution in [0.2, 0.25) is 5.02 Å². The average Bonchev–Trinajstić information content (AvgIpc) is 2.48. The average molecular weight is 299 g/mol. The Labute approximate surface area is 129 Å². The summed E-state index contributed by atoms with van der Waals surface area (Å²) in [6.07, 6.45) is 0.391. The van der Waals surface area contributed by atoms with Crippen molar-refractivity contribution in [1.29, 1.82) is 5.26 Å². The highest BCUT2D eigenvalue weighted by molar-refractivity contribution is 6.32. The number of carbonyl (C=O) groups is 1. The van der Waals surface area contributed by atoms with Crippen LogP contribution in [0.5, 0.6) is 0 Å². The maximum Gasteiger partial charge on any atom is 0.224 e. The number of anilines is 1. The van der Waals surface area contributed by atoms with E-state index < -0.39 is 0 Å². The van der Waals surface area contributed by atoms with Gasteiger partial charge in [0.1, 0.15) is 6.07 Å². The van der Waals surface area contributed by atoms with Gasteiger partial charge in [0.05, 0.1) is 10.6 Å². The third-order valence-corrected chi connectivity index (χ3v) is 3.55.